The van der Waals surface area contributed by atoms with E-state index in [1.54, 1.807) is 0 Å². The Kier molecular flexibility index (Phi) is 2.24. The highest BCUT2D eigenvalue weighted by Crippen LogP contribution is 2.30. The fraction of sp³-hybridized carbons (Fsp3) is 0.333. The number of hydrogen-bond acceptors (Lipinski definition) is 3. The van der Waals surface area contributed by atoms with Gasteiger partial charge in [-0.15, -0.1) is 0 Å². The predicted octanol–water partition coefficient (Wildman–Crippen LogP) is 0.678. The lowest BCUT2D eigenvalue weighted by Crippen LogP contribution is -2.62. The van der Waals surface area contributed by atoms with Crippen molar-refractivity contribution in [3.8, 4) is 0 Å². The van der Waals surface area contributed by atoms with E-state index in [0.29, 0.717) is 13.2 Å². The minimum Gasteiger partial charge on any atom is -0.447 e. The van der Waals surface area contributed by atoms with Gasteiger partial charge in [0.15, 0.2) is 0 Å². The first-order valence-electron chi connectivity index (χ1n) is 5.55. The van der Waals surface area contributed by atoms with Crippen LogP contribution in [0.15, 0.2) is 30.3 Å². The molecule has 0 unspecified atom stereocenters. The van der Waals surface area contributed by atoms with Crippen molar-refractivity contribution in [3.05, 3.63) is 35.9 Å². The molecule has 2 fully saturated rings. The van der Waals surface area contributed by atoms with Crippen LogP contribution in [0, 0.1) is 0 Å². The van der Waals surface area contributed by atoms with E-state index in [4.69, 9.17) is 4.74 Å². The van der Waals surface area contributed by atoms with Gasteiger partial charge in [0.2, 0.25) is 5.91 Å². The maximum absolute atomic E-state index is 11.7. The lowest BCUT2D eigenvalue weighted by atomic mass is 10.0. The number of nitrogens with zero attached hydrogens (tertiary/aromatic N) is 1. The van der Waals surface area contributed by atoms with Crippen molar-refractivity contribution in [2.24, 2.45) is 0 Å². The number of rotatable bonds is 2. The second-order valence-electron chi connectivity index (χ2n) is 4.17. The maximum atomic E-state index is 11.7. The van der Waals surface area contributed by atoms with Crippen molar-refractivity contribution in [3.63, 3.8) is 0 Å². The molecule has 0 spiro atoms. The summed E-state index contributed by atoms with van der Waals surface area (Å²) in [6.07, 6.45) is -0.404. The van der Waals surface area contributed by atoms with Gasteiger partial charge in [-0.3, -0.25) is 9.69 Å². The van der Waals surface area contributed by atoms with Gasteiger partial charge >= 0.3 is 6.09 Å². The summed E-state index contributed by atoms with van der Waals surface area (Å²) in [6.45, 7) is 0.823. The molecule has 0 saturated carbocycles. The topological polar surface area (TPSA) is 58.6 Å². The molecule has 2 heterocycles. The summed E-state index contributed by atoms with van der Waals surface area (Å²) >= 11 is 0. The Labute approximate surface area is 98.4 Å². The third-order valence-corrected chi connectivity index (χ3v) is 3.20. The van der Waals surface area contributed by atoms with Crippen LogP contribution in [-0.4, -0.2) is 36.1 Å². The highest BCUT2D eigenvalue weighted by molar-refractivity contribution is 5.91. The Morgan fingerprint density at radius 3 is 2.53 bits per heavy atom. The number of carbonyl (C=O) groups is 2. The molecule has 1 N–H and O–H groups in total. The summed E-state index contributed by atoms with van der Waals surface area (Å²) in [5.74, 6) is -0.107. The normalized spacial score (nSPS) is 27.4. The molecule has 2 saturated heterocycles. The molecule has 17 heavy (non-hydrogen) atoms. The van der Waals surface area contributed by atoms with Gasteiger partial charge in [0.25, 0.3) is 0 Å². The van der Waals surface area contributed by atoms with Gasteiger partial charge in [0.1, 0.15) is 12.6 Å². The molecule has 2 amide bonds. The second kappa shape index (κ2) is 3.76. The number of β-lactam (4-membered cyclic amide) rings is 1. The number of benzene rings is 1. The van der Waals surface area contributed by atoms with Crippen LogP contribution in [0.5, 0.6) is 0 Å². The van der Waals surface area contributed by atoms with Crippen molar-refractivity contribution in [1.29, 1.82) is 0 Å². The third-order valence-electron chi connectivity index (χ3n) is 3.20. The van der Waals surface area contributed by atoms with Crippen LogP contribution in [0.3, 0.4) is 0 Å². The molecular weight excluding hydrogens is 220 g/mol. The maximum Gasteiger partial charge on any atom is 0.411 e. The van der Waals surface area contributed by atoms with Crippen LogP contribution in [0.2, 0.25) is 0 Å². The van der Waals surface area contributed by atoms with Crippen molar-refractivity contribution in [2.75, 3.05) is 13.2 Å². The molecule has 5 heteroatoms. The van der Waals surface area contributed by atoms with E-state index in [-0.39, 0.29) is 18.0 Å². The lowest BCUT2D eigenvalue weighted by Gasteiger charge is -2.35. The van der Waals surface area contributed by atoms with Crippen LogP contribution in [0.1, 0.15) is 11.6 Å². The summed E-state index contributed by atoms with van der Waals surface area (Å²) in [5, 5.41) is 2.64. The van der Waals surface area contributed by atoms with E-state index in [1.807, 2.05) is 30.3 Å². The summed E-state index contributed by atoms with van der Waals surface area (Å²) in [7, 11) is 0. The Morgan fingerprint density at radius 1 is 1.18 bits per heavy atom. The first-order chi connectivity index (χ1) is 8.27. The van der Waals surface area contributed by atoms with Crippen LogP contribution in [0.4, 0.5) is 4.79 Å². The minimum absolute atomic E-state index is 0.107. The summed E-state index contributed by atoms with van der Waals surface area (Å²) in [5.41, 5.74) is 0.998. The van der Waals surface area contributed by atoms with E-state index < -0.39 is 6.09 Å². The highest BCUT2D eigenvalue weighted by atomic mass is 16.6. The standard InChI is InChI=1S/C12H12N2O3/c15-11-9(6-13-11)14-10(7-17-12(14)16)8-4-2-1-3-5-8/h1-5,9-10H,6-7H2,(H,13,15)/t9-,10+/m0/s1. The van der Waals surface area contributed by atoms with Gasteiger partial charge in [-0.25, -0.2) is 4.79 Å². The van der Waals surface area contributed by atoms with Crippen molar-refractivity contribution >= 4 is 12.0 Å². The van der Waals surface area contributed by atoms with Gasteiger partial charge in [-0.05, 0) is 5.56 Å². The molecule has 3 rings (SSSR count). The van der Waals surface area contributed by atoms with Crippen LogP contribution >= 0.6 is 0 Å². The van der Waals surface area contributed by atoms with Gasteiger partial charge in [0.05, 0.1) is 6.04 Å². The molecule has 2 aliphatic heterocycles. The number of nitrogens with one attached hydrogen (secondary N) is 1. The average molecular weight is 232 g/mol. The van der Waals surface area contributed by atoms with Gasteiger partial charge in [-0.1, -0.05) is 30.3 Å². The third kappa shape index (κ3) is 1.54. The van der Waals surface area contributed by atoms with Gasteiger partial charge in [-0.2, -0.15) is 0 Å². The van der Waals surface area contributed by atoms with E-state index in [1.165, 1.54) is 4.90 Å². The molecule has 88 valence electrons. The van der Waals surface area contributed by atoms with E-state index in [2.05, 4.69) is 5.32 Å². The zero-order valence-corrected chi connectivity index (χ0v) is 9.13. The van der Waals surface area contributed by atoms with Crippen LogP contribution in [-0.2, 0) is 9.53 Å². The summed E-state index contributed by atoms with van der Waals surface area (Å²) in [6, 6.07) is 9.09. The molecule has 0 aliphatic carbocycles. The molecule has 2 aliphatic rings. The minimum atomic E-state index is -0.404. The molecule has 0 aromatic heterocycles. The Bertz CT molecular complexity index is 460. The van der Waals surface area contributed by atoms with Crippen molar-refractivity contribution in [2.45, 2.75) is 12.1 Å². The van der Waals surface area contributed by atoms with E-state index in [9.17, 15) is 9.59 Å². The van der Waals surface area contributed by atoms with Crippen LogP contribution in [0.25, 0.3) is 0 Å². The van der Waals surface area contributed by atoms with E-state index in [0.717, 1.165) is 5.56 Å². The number of carbonyl (C=O) groups excluding carboxylic acids is 2. The van der Waals surface area contributed by atoms with Gasteiger partial charge < -0.3 is 10.1 Å². The number of ether oxygens (including phenoxy) is 1. The molecule has 2 atom stereocenters. The van der Waals surface area contributed by atoms with Crippen molar-refractivity contribution in [1.82, 2.24) is 10.2 Å². The number of hydrogen-bond donors (Lipinski definition) is 1. The smallest absolute Gasteiger partial charge is 0.411 e. The summed E-state index contributed by atoms with van der Waals surface area (Å²) < 4.78 is 5.04. The zero-order valence-electron chi connectivity index (χ0n) is 9.13. The fourth-order valence-corrected chi connectivity index (χ4v) is 2.21. The largest absolute Gasteiger partial charge is 0.447 e. The number of cyclic esters (lactones) is 1. The SMILES string of the molecule is O=C1NC[C@@H]1N1C(=O)OC[C@@H]1c1ccccc1. The average Bonchev–Trinajstić information content (AvgIpc) is 2.71. The number of amides is 2. The zero-order chi connectivity index (χ0) is 11.8. The first-order valence-corrected chi connectivity index (χ1v) is 5.55. The lowest BCUT2D eigenvalue weighted by molar-refractivity contribution is -0.132. The molecule has 0 bridgehead atoms. The van der Waals surface area contributed by atoms with E-state index >= 15 is 0 Å². The first kappa shape index (κ1) is 10.1. The molecule has 0 radical (unpaired) electrons. The Balaban J connectivity index is 1.89. The monoisotopic (exact) mass is 232 g/mol. The van der Waals surface area contributed by atoms with Crippen LogP contribution < -0.4 is 5.32 Å². The summed E-state index contributed by atoms with van der Waals surface area (Å²) in [4.78, 5) is 24.6. The second-order valence-corrected chi connectivity index (χ2v) is 4.17. The fourth-order valence-electron chi connectivity index (χ4n) is 2.21. The molecular formula is C12H12N2O3. The highest BCUT2D eigenvalue weighted by Gasteiger charge is 2.45. The van der Waals surface area contributed by atoms with Gasteiger partial charge in [0, 0.05) is 6.54 Å². The Hall–Kier alpha value is -2.04. The quantitative estimate of drug-likeness (QED) is 0.763. The molecule has 1 aromatic rings. The van der Waals surface area contributed by atoms with Crippen molar-refractivity contribution < 1.29 is 14.3 Å². The molecule has 5 nitrogen and oxygen atoms in total. The Morgan fingerprint density at radius 2 is 1.94 bits per heavy atom. The molecule has 1 aromatic carbocycles. The predicted molar refractivity (Wildman–Crippen MR) is 59.2 cm³/mol.